The molecule has 3 heterocycles. The van der Waals surface area contributed by atoms with Gasteiger partial charge in [-0.1, -0.05) is 30.3 Å². The Labute approximate surface area is 178 Å². The number of rotatable bonds is 3. The molecule has 0 spiro atoms. The van der Waals surface area contributed by atoms with Crippen molar-refractivity contribution in [3.63, 3.8) is 0 Å². The SMILES string of the molecule is CC(C)(C)OC(=O)N1CCC[C@@H]2O[C@H](OCc3ccccc3)C3OC(C)(C)OC3C21. The quantitative estimate of drug-likeness (QED) is 0.742. The highest BCUT2D eigenvalue weighted by molar-refractivity contribution is 5.69. The van der Waals surface area contributed by atoms with Crippen LogP contribution >= 0.6 is 0 Å². The van der Waals surface area contributed by atoms with Gasteiger partial charge in [-0.15, -0.1) is 0 Å². The van der Waals surface area contributed by atoms with Crippen molar-refractivity contribution in [3.05, 3.63) is 35.9 Å². The highest BCUT2D eigenvalue weighted by Gasteiger charge is 2.59. The third-order valence-electron chi connectivity index (χ3n) is 5.59. The Morgan fingerprint density at radius 3 is 2.57 bits per heavy atom. The summed E-state index contributed by atoms with van der Waals surface area (Å²) >= 11 is 0. The van der Waals surface area contributed by atoms with Gasteiger partial charge in [-0.3, -0.25) is 4.90 Å². The zero-order valence-corrected chi connectivity index (χ0v) is 18.5. The number of hydrogen-bond acceptors (Lipinski definition) is 6. The molecule has 0 bridgehead atoms. The zero-order chi connectivity index (χ0) is 21.5. The Bertz CT molecular complexity index is 746. The molecule has 3 aliphatic rings. The van der Waals surface area contributed by atoms with E-state index < -0.39 is 23.8 Å². The summed E-state index contributed by atoms with van der Waals surface area (Å²) in [5.41, 5.74) is 0.504. The summed E-state index contributed by atoms with van der Waals surface area (Å²) in [4.78, 5) is 14.7. The highest BCUT2D eigenvalue weighted by atomic mass is 16.8. The number of likely N-dealkylation sites (tertiary alicyclic amines) is 1. The van der Waals surface area contributed by atoms with Crippen LogP contribution in [0, 0.1) is 0 Å². The number of benzene rings is 1. The van der Waals surface area contributed by atoms with Gasteiger partial charge in [0.15, 0.2) is 12.1 Å². The van der Waals surface area contributed by atoms with Gasteiger partial charge in [0, 0.05) is 6.54 Å². The molecule has 0 saturated carbocycles. The normalized spacial score (nSPS) is 33.0. The third-order valence-corrected chi connectivity index (χ3v) is 5.59. The number of piperidine rings is 1. The molecular weight excluding hydrogens is 386 g/mol. The van der Waals surface area contributed by atoms with E-state index in [0.29, 0.717) is 13.2 Å². The molecule has 7 heteroatoms. The summed E-state index contributed by atoms with van der Waals surface area (Å²) in [7, 11) is 0. The molecule has 5 atom stereocenters. The van der Waals surface area contributed by atoms with Gasteiger partial charge in [0.2, 0.25) is 0 Å². The fraction of sp³-hybridized carbons (Fsp3) is 0.696. The molecule has 1 amide bonds. The van der Waals surface area contributed by atoms with Gasteiger partial charge in [0.1, 0.15) is 17.8 Å². The van der Waals surface area contributed by atoms with E-state index in [2.05, 4.69) is 0 Å². The van der Waals surface area contributed by atoms with Crippen molar-refractivity contribution in [2.24, 2.45) is 0 Å². The second kappa shape index (κ2) is 8.11. The monoisotopic (exact) mass is 419 g/mol. The first kappa shape index (κ1) is 21.6. The second-order valence-electron chi connectivity index (χ2n) is 9.71. The van der Waals surface area contributed by atoms with E-state index in [1.807, 2.05) is 65.0 Å². The van der Waals surface area contributed by atoms with Gasteiger partial charge in [-0.2, -0.15) is 0 Å². The van der Waals surface area contributed by atoms with Crippen molar-refractivity contribution >= 4 is 6.09 Å². The largest absolute Gasteiger partial charge is 0.444 e. The Kier molecular flexibility index (Phi) is 5.83. The Balaban J connectivity index is 1.54. The number of carbonyl (C=O) groups excluding carboxylic acids is 1. The molecule has 3 aliphatic heterocycles. The molecule has 0 aromatic heterocycles. The third kappa shape index (κ3) is 4.64. The van der Waals surface area contributed by atoms with Gasteiger partial charge in [0.25, 0.3) is 0 Å². The molecule has 166 valence electrons. The van der Waals surface area contributed by atoms with E-state index >= 15 is 0 Å². The van der Waals surface area contributed by atoms with E-state index in [0.717, 1.165) is 18.4 Å². The minimum Gasteiger partial charge on any atom is -0.444 e. The van der Waals surface area contributed by atoms with Crippen molar-refractivity contribution in [2.45, 2.75) is 96.1 Å². The van der Waals surface area contributed by atoms with Gasteiger partial charge in [0.05, 0.1) is 18.8 Å². The van der Waals surface area contributed by atoms with Crippen molar-refractivity contribution in [1.82, 2.24) is 4.90 Å². The van der Waals surface area contributed by atoms with Crippen LogP contribution in [0.3, 0.4) is 0 Å². The fourth-order valence-electron chi connectivity index (χ4n) is 4.48. The molecule has 7 nitrogen and oxygen atoms in total. The predicted molar refractivity (Wildman–Crippen MR) is 110 cm³/mol. The Hall–Kier alpha value is -1.67. The first-order valence-corrected chi connectivity index (χ1v) is 10.8. The molecule has 0 radical (unpaired) electrons. The topological polar surface area (TPSA) is 66.5 Å². The van der Waals surface area contributed by atoms with E-state index in [-0.39, 0.29) is 24.3 Å². The van der Waals surface area contributed by atoms with Gasteiger partial charge >= 0.3 is 6.09 Å². The lowest BCUT2D eigenvalue weighted by atomic mass is 9.89. The minimum absolute atomic E-state index is 0.189. The standard InChI is InChI=1S/C23H33NO6/c1-22(2,3)30-21(25)24-13-9-12-16-17(24)18-19(29-23(4,5)28-18)20(27-16)26-14-15-10-7-6-8-11-15/h6-8,10-11,16-20H,9,12-14H2,1-5H3/t16-,17?,18?,19?,20-/m0/s1. The summed E-state index contributed by atoms with van der Waals surface area (Å²) in [6, 6.07) is 9.71. The van der Waals surface area contributed by atoms with Gasteiger partial charge in [-0.25, -0.2) is 4.79 Å². The fourth-order valence-corrected chi connectivity index (χ4v) is 4.48. The van der Waals surface area contributed by atoms with Gasteiger partial charge < -0.3 is 23.7 Å². The molecule has 1 aromatic rings. The highest BCUT2D eigenvalue weighted by Crippen LogP contribution is 2.42. The first-order valence-electron chi connectivity index (χ1n) is 10.8. The van der Waals surface area contributed by atoms with Crippen LogP contribution < -0.4 is 0 Å². The average Bonchev–Trinajstić information content (AvgIpc) is 3.00. The number of amides is 1. The molecular formula is C23H33NO6. The lowest BCUT2D eigenvalue weighted by Crippen LogP contribution is -2.66. The van der Waals surface area contributed by atoms with Crippen LogP contribution in [0.15, 0.2) is 30.3 Å². The van der Waals surface area contributed by atoms with E-state index in [9.17, 15) is 4.79 Å². The van der Waals surface area contributed by atoms with Crippen molar-refractivity contribution in [2.75, 3.05) is 6.54 Å². The maximum atomic E-state index is 12.9. The van der Waals surface area contributed by atoms with Crippen LogP contribution in [0.25, 0.3) is 0 Å². The van der Waals surface area contributed by atoms with E-state index in [4.69, 9.17) is 23.7 Å². The van der Waals surface area contributed by atoms with Crippen LogP contribution in [0.1, 0.15) is 53.0 Å². The zero-order valence-electron chi connectivity index (χ0n) is 18.5. The smallest absolute Gasteiger partial charge is 0.410 e. The van der Waals surface area contributed by atoms with E-state index in [1.54, 1.807) is 4.90 Å². The van der Waals surface area contributed by atoms with Crippen LogP contribution in [0.4, 0.5) is 4.79 Å². The molecule has 0 N–H and O–H groups in total. The number of carbonyl (C=O) groups is 1. The van der Waals surface area contributed by atoms with Crippen molar-refractivity contribution in [3.8, 4) is 0 Å². The molecule has 1 aromatic carbocycles. The maximum Gasteiger partial charge on any atom is 0.410 e. The van der Waals surface area contributed by atoms with E-state index in [1.165, 1.54) is 0 Å². The van der Waals surface area contributed by atoms with Crippen molar-refractivity contribution < 1.29 is 28.5 Å². The van der Waals surface area contributed by atoms with Crippen molar-refractivity contribution in [1.29, 1.82) is 0 Å². The minimum atomic E-state index is -0.779. The number of hydrogen-bond donors (Lipinski definition) is 0. The second-order valence-corrected chi connectivity index (χ2v) is 9.71. The number of fused-ring (bicyclic) bond motifs is 3. The summed E-state index contributed by atoms with van der Waals surface area (Å²) in [6.07, 6.45) is -0.172. The molecule has 0 aliphatic carbocycles. The van der Waals surface area contributed by atoms with Crippen LogP contribution in [-0.4, -0.2) is 59.6 Å². The summed E-state index contributed by atoms with van der Waals surface area (Å²) in [5, 5.41) is 0. The Morgan fingerprint density at radius 1 is 1.17 bits per heavy atom. The lowest BCUT2D eigenvalue weighted by Gasteiger charge is -2.49. The maximum absolute atomic E-state index is 12.9. The summed E-state index contributed by atoms with van der Waals surface area (Å²) < 4.78 is 30.6. The molecule has 4 rings (SSSR count). The van der Waals surface area contributed by atoms with Crippen LogP contribution in [0.2, 0.25) is 0 Å². The number of nitrogens with zero attached hydrogens (tertiary/aromatic N) is 1. The molecule has 3 fully saturated rings. The lowest BCUT2D eigenvalue weighted by molar-refractivity contribution is -0.274. The average molecular weight is 420 g/mol. The number of ether oxygens (including phenoxy) is 5. The predicted octanol–water partition coefficient (Wildman–Crippen LogP) is 3.85. The van der Waals surface area contributed by atoms with Crippen LogP contribution in [0.5, 0.6) is 0 Å². The molecule has 30 heavy (non-hydrogen) atoms. The van der Waals surface area contributed by atoms with Crippen LogP contribution in [-0.2, 0) is 30.3 Å². The summed E-state index contributed by atoms with van der Waals surface area (Å²) in [6.45, 7) is 10.4. The first-order chi connectivity index (χ1) is 14.1. The Morgan fingerprint density at radius 2 is 1.87 bits per heavy atom. The summed E-state index contributed by atoms with van der Waals surface area (Å²) in [5.74, 6) is -0.779. The molecule has 3 unspecified atom stereocenters. The molecule has 3 saturated heterocycles. The van der Waals surface area contributed by atoms with Gasteiger partial charge in [-0.05, 0) is 53.0 Å².